The van der Waals surface area contributed by atoms with Crippen molar-refractivity contribution in [3.05, 3.63) is 15.6 Å². The molecule has 0 saturated heterocycles. The van der Waals surface area contributed by atoms with E-state index in [4.69, 9.17) is 0 Å². The molecule has 0 atom stereocenters. The molecule has 3 heteroatoms. The molecule has 60 valence electrons. The summed E-state index contributed by atoms with van der Waals surface area (Å²) in [5.74, 6) is 0. The third kappa shape index (κ3) is 1.66. The normalized spacial score (nSPS) is 10.0. The third-order valence-corrected chi connectivity index (χ3v) is 2.68. The summed E-state index contributed by atoms with van der Waals surface area (Å²) in [5, 5.41) is 1.06. The molecule has 0 aromatic carbocycles. The molecular formula is C8H11NOS. The van der Waals surface area contributed by atoms with Crippen molar-refractivity contribution in [3.8, 4) is 0 Å². The number of carbonyl (C=O) groups is 1. The highest BCUT2D eigenvalue weighted by atomic mass is 32.1. The lowest BCUT2D eigenvalue weighted by Crippen LogP contribution is -1.85. The van der Waals surface area contributed by atoms with Crippen molar-refractivity contribution in [2.24, 2.45) is 0 Å². The molecule has 0 saturated carbocycles. The molecule has 0 aliphatic rings. The van der Waals surface area contributed by atoms with Gasteiger partial charge in [-0.05, 0) is 12.8 Å². The number of thiazole rings is 1. The van der Waals surface area contributed by atoms with Gasteiger partial charge in [-0.25, -0.2) is 4.98 Å². The summed E-state index contributed by atoms with van der Waals surface area (Å²) in [5.41, 5.74) is 0.946. The standard InChI is InChI=1S/C8H11NOS/c1-3-6-7(5-10)11-8(4-2)9-6/h5H,3-4H2,1-2H3. The fraction of sp³-hybridized carbons (Fsp3) is 0.500. The predicted molar refractivity (Wildman–Crippen MR) is 46.3 cm³/mol. The largest absolute Gasteiger partial charge is 0.297 e. The van der Waals surface area contributed by atoms with Crippen molar-refractivity contribution >= 4 is 17.6 Å². The number of hydrogen-bond acceptors (Lipinski definition) is 3. The topological polar surface area (TPSA) is 30.0 Å². The summed E-state index contributed by atoms with van der Waals surface area (Å²) in [6, 6.07) is 0. The Morgan fingerprint density at radius 1 is 1.45 bits per heavy atom. The Balaban J connectivity index is 3.01. The number of aryl methyl sites for hydroxylation is 2. The first-order valence-electron chi connectivity index (χ1n) is 3.75. The fourth-order valence-electron chi connectivity index (χ4n) is 0.911. The van der Waals surface area contributed by atoms with Gasteiger partial charge in [0.05, 0.1) is 15.6 Å². The molecule has 0 aliphatic carbocycles. The fourth-order valence-corrected chi connectivity index (χ4v) is 1.82. The van der Waals surface area contributed by atoms with Gasteiger partial charge in [0.25, 0.3) is 0 Å². The number of carbonyl (C=O) groups excluding carboxylic acids is 1. The highest BCUT2D eigenvalue weighted by Gasteiger charge is 2.06. The molecule has 0 aliphatic heterocycles. The minimum absolute atomic E-state index is 0.796. The van der Waals surface area contributed by atoms with Gasteiger partial charge in [-0.3, -0.25) is 4.79 Å². The van der Waals surface area contributed by atoms with Gasteiger partial charge in [0, 0.05) is 0 Å². The van der Waals surface area contributed by atoms with Crippen molar-refractivity contribution in [2.75, 3.05) is 0 Å². The molecule has 0 spiro atoms. The van der Waals surface area contributed by atoms with Crippen LogP contribution in [-0.4, -0.2) is 11.3 Å². The first kappa shape index (κ1) is 8.40. The summed E-state index contributed by atoms with van der Waals surface area (Å²) >= 11 is 1.50. The second-order valence-electron chi connectivity index (χ2n) is 2.24. The SMILES string of the molecule is CCc1nc(CC)c(C=O)s1. The second kappa shape index (κ2) is 3.62. The molecule has 0 bridgehead atoms. The molecule has 0 radical (unpaired) electrons. The zero-order valence-corrected chi connectivity index (χ0v) is 7.57. The van der Waals surface area contributed by atoms with Crippen LogP contribution in [0.1, 0.15) is 34.2 Å². The van der Waals surface area contributed by atoms with Gasteiger partial charge in [0.15, 0.2) is 6.29 Å². The first-order chi connectivity index (χ1) is 5.31. The molecule has 1 aromatic heterocycles. The minimum Gasteiger partial charge on any atom is -0.297 e. The van der Waals surface area contributed by atoms with Crippen LogP contribution in [0.5, 0.6) is 0 Å². The zero-order chi connectivity index (χ0) is 8.27. The van der Waals surface area contributed by atoms with Gasteiger partial charge >= 0.3 is 0 Å². The van der Waals surface area contributed by atoms with E-state index in [0.29, 0.717) is 0 Å². The van der Waals surface area contributed by atoms with Crippen molar-refractivity contribution < 1.29 is 4.79 Å². The van der Waals surface area contributed by atoms with E-state index in [1.165, 1.54) is 11.3 Å². The Morgan fingerprint density at radius 3 is 2.55 bits per heavy atom. The highest BCUT2D eigenvalue weighted by Crippen LogP contribution is 2.17. The highest BCUT2D eigenvalue weighted by molar-refractivity contribution is 7.13. The van der Waals surface area contributed by atoms with Crippen LogP contribution in [0, 0.1) is 0 Å². The molecule has 11 heavy (non-hydrogen) atoms. The Labute approximate surface area is 70.3 Å². The molecule has 0 unspecified atom stereocenters. The lowest BCUT2D eigenvalue weighted by atomic mass is 10.3. The monoisotopic (exact) mass is 169 g/mol. The zero-order valence-electron chi connectivity index (χ0n) is 6.76. The maximum Gasteiger partial charge on any atom is 0.161 e. The average Bonchev–Trinajstić information content (AvgIpc) is 2.46. The average molecular weight is 169 g/mol. The maximum atomic E-state index is 10.5. The minimum atomic E-state index is 0.796. The number of aromatic nitrogens is 1. The van der Waals surface area contributed by atoms with Crippen LogP contribution < -0.4 is 0 Å². The van der Waals surface area contributed by atoms with Crippen molar-refractivity contribution in [2.45, 2.75) is 26.7 Å². The van der Waals surface area contributed by atoms with E-state index in [2.05, 4.69) is 4.98 Å². The summed E-state index contributed by atoms with van der Waals surface area (Å²) in [4.78, 5) is 15.6. The van der Waals surface area contributed by atoms with E-state index < -0.39 is 0 Å². The van der Waals surface area contributed by atoms with Gasteiger partial charge in [-0.15, -0.1) is 11.3 Å². The summed E-state index contributed by atoms with van der Waals surface area (Å²) in [6.45, 7) is 4.06. The van der Waals surface area contributed by atoms with E-state index in [1.54, 1.807) is 0 Å². The molecular weight excluding hydrogens is 158 g/mol. The predicted octanol–water partition coefficient (Wildman–Crippen LogP) is 2.08. The van der Waals surface area contributed by atoms with E-state index in [0.717, 1.165) is 34.7 Å². The van der Waals surface area contributed by atoms with Crippen LogP contribution in [0.15, 0.2) is 0 Å². The van der Waals surface area contributed by atoms with Crippen LogP contribution in [0.4, 0.5) is 0 Å². The van der Waals surface area contributed by atoms with Crippen LogP contribution in [0.25, 0.3) is 0 Å². The molecule has 1 rings (SSSR count). The van der Waals surface area contributed by atoms with Gasteiger partial charge in [0.2, 0.25) is 0 Å². The summed E-state index contributed by atoms with van der Waals surface area (Å²) in [7, 11) is 0. The summed E-state index contributed by atoms with van der Waals surface area (Å²) in [6.07, 6.45) is 2.67. The number of aldehydes is 1. The Morgan fingerprint density at radius 2 is 2.18 bits per heavy atom. The molecule has 1 heterocycles. The van der Waals surface area contributed by atoms with Crippen LogP contribution in [0.3, 0.4) is 0 Å². The van der Waals surface area contributed by atoms with E-state index in [9.17, 15) is 4.79 Å². The van der Waals surface area contributed by atoms with Crippen molar-refractivity contribution in [3.63, 3.8) is 0 Å². The van der Waals surface area contributed by atoms with Crippen molar-refractivity contribution in [1.82, 2.24) is 4.98 Å². The Bertz CT molecular complexity index is 255. The van der Waals surface area contributed by atoms with Gasteiger partial charge < -0.3 is 0 Å². The number of nitrogens with zero attached hydrogens (tertiary/aromatic N) is 1. The van der Waals surface area contributed by atoms with E-state index >= 15 is 0 Å². The van der Waals surface area contributed by atoms with Crippen LogP contribution in [0.2, 0.25) is 0 Å². The lowest BCUT2D eigenvalue weighted by molar-refractivity contribution is 0.112. The molecule has 2 nitrogen and oxygen atoms in total. The first-order valence-corrected chi connectivity index (χ1v) is 4.57. The van der Waals surface area contributed by atoms with E-state index in [-0.39, 0.29) is 0 Å². The van der Waals surface area contributed by atoms with Crippen molar-refractivity contribution in [1.29, 1.82) is 0 Å². The molecule has 0 N–H and O–H groups in total. The number of hydrogen-bond donors (Lipinski definition) is 0. The third-order valence-electron chi connectivity index (χ3n) is 1.52. The van der Waals surface area contributed by atoms with Gasteiger partial charge in [-0.2, -0.15) is 0 Å². The van der Waals surface area contributed by atoms with Gasteiger partial charge in [0.1, 0.15) is 0 Å². The molecule has 0 amide bonds. The lowest BCUT2D eigenvalue weighted by Gasteiger charge is -1.85. The second-order valence-corrected chi connectivity index (χ2v) is 3.36. The molecule has 1 aromatic rings. The summed E-state index contributed by atoms with van der Waals surface area (Å²) < 4.78 is 0. The number of rotatable bonds is 3. The quantitative estimate of drug-likeness (QED) is 0.648. The van der Waals surface area contributed by atoms with Crippen LogP contribution >= 0.6 is 11.3 Å². The Hall–Kier alpha value is -0.700. The Kier molecular flexibility index (Phi) is 2.76. The van der Waals surface area contributed by atoms with Crippen LogP contribution in [-0.2, 0) is 12.8 Å². The van der Waals surface area contributed by atoms with Gasteiger partial charge in [-0.1, -0.05) is 13.8 Å². The molecule has 0 fully saturated rings. The smallest absolute Gasteiger partial charge is 0.161 e. The maximum absolute atomic E-state index is 10.5. The van der Waals surface area contributed by atoms with E-state index in [1.807, 2.05) is 13.8 Å².